The normalized spacial score (nSPS) is 10.8. The number of phenols is 1. The number of carboxylic acids is 2. The third-order valence-corrected chi connectivity index (χ3v) is 4.70. The number of esters is 1. The highest BCUT2D eigenvalue weighted by atomic mass is 16.5. The van der Waals surface area contributed by atoms with Crippen LogP contribution in [0.25, 0.3) is 21.5 Å². The topological polar surface area (TPSA) is 121 Å². The maximum absolute atomic E-state index is 12.7. The van der Waals surface area contributed by atoms with Crippen LogP contribution in [0.4, 0.5) is 0 Å². The molecule has 4 rings (SSSR count). The van der Waals surface area contributed by atoms with E-state index < -0.39 is 17.9 Å². The SMILES string of the molecule is O=C(O)c1ccc2cc(O)c(C(=O)Oc3cc4ccccc4cc3C(=O)O)cc2c1. The van der Waals surface area contributed by atoms with Crippen molar-refractivity contribution < 1.29 is 34.4 Å². The van der Waals surface area contributed by atoms with Gasteiger partial charge in [0.15, 0.2) is 0 Å². The van der Waals surface area contributed by atoms with Gasteiger partial charge in [0.25, 0.3) is 0 Å². The Bertz CT molecular complexity index is 1350. The summed E-state index contributed by atoms with van der Waals surface area (Å²) >= 11 is 0. The van der Waals surface area contributed by atoms with Crippen molar-refractivity contribution in [2.45, 2.75) is 0 Å². The number of carbonyl (C=O) groups is 3. The first-order valence-electron chi connectivity index (χ1n) is 8.82. The summed E-state index contributed by atoms with van der Waals surface area (Å²) in [5.41, 5.74) is -0.389. The Labute approximate surface area is 169 Å². The van der Waals surface area contributed by atoms with Gasteiger partial charge < -0.3 is 20.1 Å². The molecule has 0 aliphatic carbocycles. The molecule has 0 heterocycles. The van der Waals surface area contributed by atoms with E-state index in [0.29, 0.717) is 21.5 Å². The van der Waals surface area contributed by atoms with E-state index in [4.69, 9.17) is 9.84 Å². The average Bonchev–Trinajstić information content (AvgIpc) is 2.72. The lowest BCUT2D eigenvalue weighted by Crippen LogP contribution is -2.12. The first-order valence-corrected chi connectivity index (χ1v) is 8.82. The summed E-state index contributed by atoms with van der Waals surface area (Å²) in [6.45, 7) is 0. The standard InChI is InChI=1S/C23H14O7/c24-19-10-14-5-6-15(21(25)26)7-16(14)9-17(19)23(29)30-20-11-13-4-2-1-3-12(13)8-18(20)22(27)28/h1-11,24H,(H,25,26)(H,27,28). The molecule has 0 unspecified atom stereocenters. The fraction of sp³-hybridized carbons (Fsp3) is 0. The fourth-order valence-corrected chi connectivity index (χ4v) is 3.21. The maximum atomic E-state index is 12.7. The highest BCUT2D eigenvalue weighted by Crippen LogP contribution is 2.30. The molecule has 0 aromatic heterocycles. The molecule has 0 spiro atoms. The van der Waals surface area contributed by atoms with Crippen molar-refractivity contribution in [1.82, 2.24) is 0 Å². The van der Waals surface area contributed by atoms with E-state index in [9.17, 15) is 24.6 Å². The summed E-state index contributed by atoms with van der Waals surface area (Å²) in [5, 5.41) is 31.2. The van der Waals surface area contributed by atoms with Crippen molar-refractivity contribution in [2.75, 3.05) is 0 Å². The van der Waals surface area contributed by atoms with Crippen LogP contribution in [0, 0.1) is 0 Å². The van der Waals surface area contributed by atoms with Crippen LogP contribution in [0.5, 0.6) is 11.5 Å². The van der Waals surface area contributed by atoms with Gasteiger partial charge >= 0.3 is 17.9 Å². The maximum Gasteiger partial charge on any atom is 0.347 e. The van der Waals surface area contributed by atoms with E-state index >= 15 is 0 Å². The molecule has 0 saturated carbocycles. The van der Waals surface area contributed by atoms with Crippen molar-refractivity contribution in [2.24, 2.45) is 0 Å². The Kier molecular flexibility index (Phi) is 4.56. The summed E-state index contributed by atoms with van der Waals surface area (Å²) in [7, 11) is 0. The number of carbonyl (C=O) groups excluding carboxylic acids is 1. The van der Waals surface area contributed by atoms with Crippen molar-refractivity contribution in [3.63, 3.8) is 0 Å². The monoisotopic (exact) mass is 402 g/mol. The van der Waals surface area contributed by atoms with Gasteiger partial charge in [0.2, 0.25) is 0 Å². The second kappa shape index (κ2) is 7.21. The first kappa shape index (κ1) is 18.9. The van der Waals surface area contributed by atoms with Crippen LogP contribution >= 0.6 is 0 Å². The number of benzene rings is 4. The molecule has 0 bridgehead atoms. The van der Waals surface area contributed by atoms with Crippen LogP contribution < -0.4 is 4.74 Å². The summed E-state index contributed by atoms with van der Waals surface area (Å²) in [6.07, 6.45) is 0. The van der Waals surface area contributed by atoms with Gasteiger partial charge in [0, 0.05) is 0 Å². The van der Waals surface area contributed by atoms with Gasteiger partial charge in [-0.2, -0.15) is 0 Å². The predicted octanol–water partition coefficient (Wildman–Crippen LogP) is 4.31. The molecule has 0 atom stereocenters. The van der Waals surface area contributed by atoms with E-state index in [1.54, 1.807) is 24.3 Å². The van der Waals surface area contributed by atoms with Gasteiger partial charge in [0.1, 0.15) is 22.6 Å². The van der Waals surface area contributed by atoms with Crippen molar-refractivity contribution >= 4 is 39.5 Å². The summed E-state index contributed by atoms with van der Waals surface area (Å²) < 4.78 is 5.31. The zero-order chi connectivity index (χ0) is 21.4. The second-order valence-electron chi connectivity index (χ2n) is 6.63. The van der Waals surface area contributed by atoms with Crippen LogP contribution in [0.1, 0.15) is 31.1 Å². The number of ether oxygens (including phenoxy) is 1. The van der Waals surface area contributed by atoms with Crippen molar-refractivity contribution in [3.8, 4) is 11.5 Å². The van der Waals surface area contributed by atoms with Gasteiger partial charge in [-0.1, -0.05) is 30.3 Å². The Balaban J connectivity index is 1.77. The van der Waals surface area contributed by atoms with Crippen molar-refractivity contribution in [1.29, 1.82) is 0 Å². The third kappa shape index (κ3) is 3.40. The molecule has 4 aromatic rings. The molecule has 30 heavy (non-hydrogen) atoms. The fourth-order valence-electron chi connectivity index (χ4n) is 3.21. The van der Waals surface area contributed by atoms with Gasteiger partial charge in [-0.3, -0.25) is 0 Å². The third-order valence-electron chi connectivity index (χ3n) is 4.70. The number of aromatic carboxylic acids is 2. The van der Waals surface area contributed by atoms with Crippen LogP contribution in [-0.2, 0) is 0 Å². The minimum Gasteiger partial charge on any atom is -0.507 e. The lowest BCUT2D eigenvalue weighted by atomic mass is 10.0. The smallest absolute Gasteiger partial charge is 0.347 e. The van der Waals surface area contributed by atoms with Gasteiger partial charge in [-0.05, 0) is 57.9 Å². The predicted molar refractivity (Wildman–Crippen MR) is 108 cm³/mol. The number of hydrogen-bond acceptors (Lipinski definition) is 5. The number of aromatic hydroxyl groups is 1. The minimum absolute atomic E-state index is 0.0233. The number of carboxylic acid groups (broad SMARTS) is 2. The molecule has 4 aromatic carbocycles. The molecule has 7 heteroatoms. The molecule has 148 valence electrons. The molecule has 0 saturated heterocycles. The Hall–Kier alpha value is -4.39. The van der Waals surface area contributed by atoms with Gasteiger partial charge in [-0.15, -0.1) is 0 Å². The molecule has 0 aliphatic rings. The molecule has 0 radical (unpaired) electrons. The summed E-state index contributed by atoms with van der Waals surface area (Å²) in [5.74, 6) is -3.89. The Morgan fingerprint density at radius 2 is 1.30 bits per heavy atom. The Morgan fingerprint density at radius 1 is 0.667 bits per heavy atom. The van der Waals surface area contributed by atoms with Crippen LogP contribution in [0.2, 0.25) is 0 Å². The molecule has 0 aliphatic heterocycles. The van der Waals surface area contributed by atoms with E-state index in [1.807, 2.05) is 0 Å². The largest absolute Gasteiger partial charge is 0.507 e. The second-order valence-corrected chi connectivity index (χ2v) is 6.63. The van der Waals surface area contributed by atoms with Crippen molar-refractivity contribution in [3.05, 3.63) is 83.4 Å². The quantitative estimate of drug-likeness (QED) is 0.343. The molecule has 0 amide bonds. The van der Waals surface area contributed by atoms with Crippen LogP contribution in [0.3, 0.4) is 0 Å². The average molecular weight is 402 g/mol. The highest BCUT2D eigenvalue weighted by molar-refractivity contribution is 6.03. The molecular formula is C23H14O7. The molecular weight excluding hydrogens is 388 g/mol. The van der Waals surface area contributed by atoms with E-state index in [-0.39, 0.29) is 28.2 Å². The number of fused-ring (bicyclic) bond motifs is 2. The summed E-state index contributed by atoms with van der Waals surface area (Å²) in [6, 6.07) is 16.7. The highest BCUT2D eigenvalue weighted by Gasteiger charge is 2.20. The first-order chi connectivity index (χ1) is 14.3. The minimum atomic E-state index is -1.27. The Morgan fingerprint density at radius 3 is 1.97 bits per heavy atom. The number of phenolic OH excluding ortho intramolecular Hbond substituents is 1. The van der Waals surface area contributed by atoms with E-state index in [2.05, 4.69) is 0 Å². The van der Waals surface area contributed by atoms with E-state index in [1.165, 1.54) is 42.5 Å². The van der Waals surface area contributed by atoms with Gasteiger partial charge in [0.05, 0.1) is 5.56 Å². The van der Waals surface area contributed by atoms with Gasteiger partial charge in [-0.25, -0.2) is 14.4 Å². The lowest BCUT2D eigenvalue weighted by Gasteiger charge is -2.11. The van der Waals surface area contributed by atoms with Crippen LogP contribution in [-0.4, -0.2) is 33.2 Å². The molecule has 3 N–H and O–H groups in total. The number of rotatable bonds is 4. The summed E-state index contributed by atoms with van der Waals surface area (Å²) in [4.78, 5) is 35.5. The molecule has 0 fully saturated rings. The zero-order valence-electron chi connectivity index (χ0n) is 15.3. The van der Waals surface area contributed by atoms with Crippen LogP contribution in [0.15, 0.2) is 66.7 Å². The zero-order valence-corrected chi connectivity index (χ0v) is 15.3. The lowest BCUT2D eigenvalue weighted by molar-refractivity contribution is 0.0673. The molecule has 7 nitrogen and oxygen atoms in total. The number of hydrogen-bond donors (Lipinski definition) is 3. The van der Waals surface area contributed by atoms with E-state index in [0.717, 1.165) is 0 Å².